The first-order valence-electron chi connectivity index (χ1n) is 3.61. The highest BCUT2D eigenvalue weighted by Gasteiger charge is 2.46. The molecule has 0 aromatic heterocycles. The van der Waals surface area contributed by atoms with Crippen molar-refractivity contribution in [1.29, 1.82) is 0 Å². The Morgan fingerprint density at radius 3 is 1.64 bits per heavy atom. The molecular weight excluding hydrogens is 209 g/mol. The van der Waals surface area contributed by atoms with Crippen molar-refractivity contribution in [1.82, 2.24) is 0 Å². The van der Waals surface area contributed by atoms with Gasteiger partial charge in [-0.15, -0.1) is 0 Å². The molecule has 0 aromatic rings. The molecule has 4 unspecified atom stereocenters. The average Bonchev–Trinajstić information content (AvgIpc) is 2.11. The summed E-state index contributed by atoms with van der Waals surface area (Å²) in [6.45, 7) is -1.02. The normalized spacial score (nSPS) is 21.4. The fourth-order valence-corrected chi connectivity index (χ4v) is 0.716. The van der Waals surface area contributed by atoms with Gasteiger partial charge in [0.2, 0.25) is 0 Å². The molecule has 0 bridgehead atoms. The summed E-state index contributed by atoms with van der Waals surface area (Å²) < 4.78 is 35.3. The number of rotatable bonds is 4. The zero-order chi connectivity index (χ0) is 11.5. The van der Waals surface area contributed by atoms with Crippen LogP contribution >= 0.6 is 0 Å². The zero-order valence-corrected chi connectivity index (χ0v) is 6.89. The number of aliphatic hydroxyl groups excluding tert-OH is 5. The van der Waals surface area contributed by atoms with E-state index in [0.29, 0.717) is 0 Å². The minimum Gasteiger partial charge on any atom is -0.394 e. The molecule has 0 aliphatic carbocycles. The van der Waals surface area contributed by atoms with E-state index in [1.807, 2.05) is 0 Å². The lowest BCUT2D eigenvalue weighted by atomic mass is 10.0. The summed E-state index contributed by atoms with van der Waals surface area (Å²) in [5.74, 6) is 0. The van der Waals surface area contributed by atoms with E-state index in [9.17, 15) is 13.2 Å². The van der Waals surface area contributed by atoms with Gasteiger partial charge in [0.15, 0.2) is 6.10 Å². The van der Waals surface area contributed by atoms with Crippen LogP contribution in [0.4, 0.5) is 13.2 Å². The van der Waals surface area contributed by atoms with Crippen LogP contribution < -0.4 is 0 Å². The van der Waals surface area contributed by atoms with Gasteiger partial charge in [-0.1, -0.05) is 0 Å². The highest BCUT2D eigenvalue weighted by molar-refractivity contribution is 4.84. The molecule has 0 spiro atoms. The molecule has 14 heavy (non-hydrogen) atoms. The molecule has 0 heterocycles. The van der Waals surface area contributed by atoms with Crippen LogP contribution in [0.25, 0.3) is 0 Å². The minimum absolute atomic E-state index is 1.02. The van der Waals surface area contributed by atoms with Gasteiger partial charge in [0, 0.05) is 0 Å². The van der Waals surface area contributed by atoms with Crippen LogP contribution in [0.1, 0.15) is 0 Å². The van der Waals surface area contributed by atoms with Crippen molar-refractivity contribution in [2.45, 2.75) is 30.6 Å². The topological polar surface area (TPSA) is 101 Å². The minimum atomic E-state index is -5.10. The number of halogens is 3. The van der Waals surface area contributed by atoms with Gasteiger partial charge in [0.05, 0.1) is 6.61 Å². The molecule has 5 N–H and O–H groups in total. The van der Waals surface area contributed by atoms with Crippen molar-refractivity contribution in [2.75, 3.05) is 6.61 Å². The first-order valence-corrected chi connectivity index (χ1v) is 3.61. The monoisotopic (exact) mass is 220 g/mol. The molecule has 0 aliphatic rings. The highest BCUT2D eigenvalue weighted by Crippen LogP contribution is 2.24. The van der Waals surface area contributed by atoms with Crippen molar-refractivity contribution in [3.8, 4) is 0 Å². The SMILES string of the molecule is OCC(O)C(O)C(O)C(O)C(F)(F)F. The van der Waals surface area contributed by atoms with E-state index in [0.717, 1.165) is 0 Å². The second-order valence-electron chi connectivity index (χ2n) is 2.72. The summed E-state index contributed by atoms with van der Waals surface area (Å²) in [5, 5.41) is 42.9. The number of hydrogen-bond acceptors (Lipinski definition) is 5. The third-order valence-electron chi connectivity index (χ3n) is 1.59. The summed E-state index contributed by atoms with van der Waals surface area (Å²) >= 11 is 0. The standard InChI is InChI=1S/C6H11F3O5/c7-6(8,9)5(14)4(13)3(12)2(11)1-10/h2-5,10-14H,1H2. The lowest BCUT2D eigenvalue weighted by molar-refractivity contribution is -0.248. The summed E-state index contributed by atoms with van der Waals surface area (Å²) in [6.07, 6.45) is -15.1. The lowest BCUT2D eigenvalue weighted by Gasteiger charge is -2.26. The van der Waals surface area contributed by atoms with Crippen molar-refractivity contribution in [3.63, 3.8) is 0 Å². The summed E-state index contributed by atoms with van der Waals surface area (Å²) in [6, 6.07) is 0. The molecule has 5 nitrogen and oxygen atoms in total. The van der Waals surface area contributed by atoms with E-state index in [2.05, 4.69) is 0 Å². The maximum atomic E-state index is 11.8. The fourth-order valence-electron chi connectivity index (χ4n) is 0.716. The molecule has 0 rings (SSSR count). The van der Waals surface area contributed by atoms with Crippen LogP contribution in [0.3, 0.4) is 0 Å². The Bertz CT molecular complexity index is 173. The lowest BCUT2D eigenvalue weighted by Crippen LogP contribution is -2.51. The fraction of sp³-hybridized carbons (Fsp3) is 1.00. The van der Waals surface area contributed by atoms with Crippen molar-refractivity contribution in [2.24, 2.45) is 0 Å². The molecule has 0 saturated carbocycles. The molecular formula is C6H11F3O5. The van der Waals surface area contributed by atoms with Gasteiger partial charge >= 0.3 is 6.18 Å². The molecule has 4 atom stereocenters. The Kier molecular flexibility index (Phi) is 4.75. The van der Waals surface area contributed by atoms with Crippen LogP contribution in [0.5, 0.6) is 0 Å². The maximum Gasteiger partial charge on any atom is 0.417 e. The van der Waals surface area contributed by atoms with E-state index in [1.165, 1.54) is 0 Å². The summed E-state index contributed by atoms with van der Waals surface area (Å²) in [4.78, 5) is 0. The molecule has 0 radical (unpaired) electrons. The Morgan fingerprint density at radius 1 is 0.929 bits per heavy atom. The van der Waals surface area contributed by atoms with E-state index in [-0.39, 0.29) is 0 Å². The Balaban J connectivity index is 4.38. The summed E-state index contributed by atoms with van der Waals surface area (Å²) in [7, 11) is 0. The molecule has 0 saturated heterocycles. The predicted molar refractivity (Wildman–Crippen MR) is 37.2 cm³/mol. The summed E-state index contributed by atoms with van der Waals surface area (Å²) in [5.41, 5.74) is 0. The van der Waals surface area contributed by atoms with Gasteiger partial charge in [0.25, 0.3) is 0 Å². The number of alkyl halides is 3. The molecule has 86 valence electrons. The first-order chi connectivity index (χ1) is 6.21. The molecule has 0 aromatic carbocycles. The third-order valence-corrected chi connectivity index (χ3v) is 1.59. The Hall–Kier alpha value is -0.410. The largest absolute Gasteiger partial charge is 0.417 e. The first kappa shape index (κ1) is 13.6. The number of aliphatic hydroxyl groups is 5. The van der Waals surface area contributed by atoms with Gasteiger partial charge < -0.3 is 25.5 Å². The van der Waals surface area contributed by atoms with Gasteiger partial charge in [-0.2, -0.15) is 13.2 Å². The highest BCUT2D eigenvalue weighted by atomic mass is 19.4. The molecule has 0 amide bonds. The maximum absolute atomic E-state index is 11.8. The molecule has 8 heteroatoms. The Labute approximate surface area is 77.0 Å². The van der Waals surface area contributed by atoms with Gasteiger partial charge in [0.1, 0.15) is 18.3 Å². The van der Waals surface area contributed by atoms with Crippen molar-refractivity contribution >= 4 is 0 Å². The van der Waals surface area contributed by atoms with Gasteiger partial charge in [-0.25, -0.2) is 0 Å². The van der Waals surface area contributed by atoms with Crippen molar-refractivity contribution < 1.29 is 38.7 Å². The van der Waals surface area contributed by atoms with Gasteiger partial charge in [-0.05, 0) is 0 Å². The second-order valence-corrected chi connectivity index (χ2v) is 2.72. The molecule has 0 fully saturated rings. The van der Waals surface area contributed by atoms with Crippen LogP contribution in [0.2, 0.25) is 0 Å². The van der Waals surface area contributed by atoms with E-state index in [4.69, 9.17) is 25.5 Å². The van der Waals surface area contributed by atoms with E-state index in [1.54, 1.807) is 0 Å². The Morgan fingerprint density at radius 2 is 1.36 bits per heavy atom. The quantitative estimate of drug-likeness (QED) is 0.376. The van der Waals surface area contributed by atoms with Crippen LogP contribution in [-0.4, -0.2) is 62.7 Å². The van der Waals surface area contributed by atoms with Crippen LogP contribution in [0.15, 0.2) is 0 Å². The predicted octanol–water partition coefficient (Wildman–Crippen LogP) is -2.02. The molecule has 0 aliphatic heterocycles. The van der Waals surface area contributed by atoms with Crippen LogP contribution in [0, 0.1) is 0 Å². The third kappa shape index (κ3) is 3.39. The van der Waals surface area contributed by atoms with Gasteiger partial charge in [-0.3, -0.25) is 0 Å². The second kappa shape index (κ2) is 4.89. The smallest absolute Gasteiger partial charge is 0.394 e. The van der Waals surface area contributed by atoms with E-state index < -0.39 is 37.2 Å². The zero-order valence-electron chi connectivity index (χ0n) is 6.89. The van der Waals surface area contributed by atoms with Crippen molar-refractivity contribution in [3.05, 3.63) is 0 Å². The van der Waals surface area contributed by atoms with Crippen LogP contribution in [-0.2, 0) is 0 Å². The average molecular weight is 220 g/mol. The van der Waals surface area contributed by atoms with E-state index >= 15 is 0 Å². The number of hydrogen-bond donors (Lipinski definition) is 5.